The summed E-state index contributed by atoms with van der Waals surface area (Å²) in [5.74, 6) is 0.709. The first kappa shape index (κ1) is 31.6. The van der Waals surface area contributed by atoms with E-state index in [1.54, 1.807) is 0 Å². The summed E-state index contributed by atoms with van der Waals surface area (Å²) < 4.78 is 2.52. The second-order valence-corrected chi connectivity index (χ2v) is 15.2. The molecule has 256 valence electrons. The molecule has 0 N–H and O–H groups in total. The van der Waals surface area contributed by atoms with Crippen LogP contribution < -0.4 is 0 Å². The van der Waals surface area contributed by atoms with Crippen molar-refractivity contribution in [2.45, 2.75) is 0 Å². The molecule has 2 heterocycles. The Morgan fingerprint density at radius 2 is 0.945 bits per heavy atom. The summed E-state index contributed by atoms with van der Waals surface area (Å²) in [7, 11) is 0. The molecule has 2 aromatic heterocycles. The van der Waals surface area contributed by atoms with Crippen molar-refractivity contribution in [1.29, 1.82) is 0 Å². The molecule has 0 aliphatic heterocycles. The largest absolute Gasteiger partial charge is 0.228 e. The number of rotatable bonds is 5. The molecule has 9 aromatic carbocycles. The summed E-state index contributed by atoms with van der Waals surface area (Å²) in [4.78, 5) is 10.5. The maximum absolute atomic E-state index is 5.28. The Kier molecular flexibility index (Phi) is 7.39. The van der Waals surface area contributed by atoms with Crippen LogP contribution in [0.15, 0.2) is 194 Å². The van der Waals surface area contributed by atoms with E-state index < -0.39 is 0 Å². The maximum Gasteiger partial charge on any atom is 0.160 e. The Morgan fingerprint density at radius 1 is 0.327 bits per heavy atom. The van der Waals surface area contributed by atoms with E-state index in [4.69, 9.17) is 9.97 Å². The van der Waals surface area contributed by atoms with Crippen molar-refractivity contribution in [1.82, 2.24) is 9.97 Å². The average molecular weight is 717 g/mol. The highest BCUT2D eigenvalue weighted by molar-refractivity contribution is 7.26. The predicted molar refractivity (Wildman–Crippen MR) is 235 cm³/mol. The monoisotopic (exact) mass is 716 g/mol. The molecule has 0 amide bonds. The normalized spacial score (nSPS) is 11.6. The van der Waals surface area contributed by atoms with Crippen LogP contribution >= 0.6 is 11.3 Å². The molecule has 0 spiro atoms. The van der Waals surface area contributed by atoms with Gasteiger partial charge in [0.2, 0.25) is 0 Å². The summed E-state index contributed by atoms with van der Waals surface area (Å²) >= 11 is 1.83. The van der Waals surface area contributed by atoms with Gasteiger partial charge in [-0.2, -0.15) is 0 Å². The van der Waals surface area contributed by atoms with E-state index in [0.29, 0.717) is 5.82 Å². The summed E-state index contributed by atoms with van der Waals surface area (Å²) in [6.45, 7) is 0. The second-order valence-electron chi connectivity index (χ2n) is 14.1. The first-order valence-electron chi connectivity index (χ1n) is 18.6. The van der Waals surface area contributed by atoms with Crippen LogP contribution in [0.1, 0.15) is 0 Å². The highest BCUT2D eigenvalue weighted by atomic mass is 32.1. The fourth-order valence-electron chi connectivity index (χ4n) is 8.19. The molecule has 3 heteroatoms. The van der Waals surface area contributed by atoms with Crippen molar-refractivity contribution in [3.63, 3.8) is 0 Å². The minimum Gasteiger partial charge on any atom is -0.228 e. The van der Waals surface area contributed by atoms with Gasteiger partial charge < -0.3 is 0 Å². The van der Waals surface area contributed by atoms with Gasteiger partial charge in [-0.15, -0.1) is 11.3 Å². The van der Waals surface area contributed by atoms with E-state index in [1.165, 1.54) is 74.7 Å². The Bertz CT molecular complexity index is 3230. The molecule has 0 aliphatic rings. The van der Waals surface area contributed by atoms with Crippen molar-refractivity contribution in [2.75, 3.05) is 0 Å². The first-order valence-corrected chi connectivity index (χ1v) is 19.5. The van der Waals surface area contributed by atoms with Gasteiger partial charge in [0.25, 0.3) is 0 Å². The summed E-state index contributed by atoms with van der Waals surface area (Å²) in [5.41, 5.74) is 9.76. The number of nitrogens with zero attached hydrogens (tertiary/aromatic N) is 2. The lowest BCUT2D eigenvalue weighted by atomic mass is 9.89. The molecule has 55 heavy (non-hydrogen) atoms. The first-order chi connectivity index (χ1) is 27.2. The molecule has 2 nitrogen and oxygen atoms in total. The van der Waals surface area contributed by atoms with Crippen LogP contribution in [-0.4, -0.2) is 9.97 Å². The van der Waals surface area contributed by atoms with Crippen molar-refractivity contribution in [3.05, 3.63) is 194 Å². The van der Waals surface area contributed by atoms with Crippen LogP contribution in [0.5, 0.6) is 0 Å². The number of benzene rings is 9. The molecule has 11 rings (SSSR count). The second kappa shape index (κ2) is 12.9. The lowest BCUT2D eigenvalue weighted by Crippen LogP contribution is -1.96. The Hall–Kier alpha value is -6.94. The average Bonchev–Trinajstić information content (AvgIpc) is 3.65. The molecular weight excluding hydrogens is 685 g/mol. The third-order valence-corrected chi connectivity index (χ3v) is 12.1. The molecule has 0 aliphatic carbocycles. The van der Waals surface area contributed by atoms with Gasteiger partial charge in [0, 0.05) is 36.9 Å². The third kappa shape index (κ3) is 5.40. The van der Waals surface area contributed by atoms with E-state index in [2.05, 4.69) is 194 Å². The Labute approximate surface area is 322 Å². The van der Waals surface area contributed by atoms with E-state index in [-0.39, 0.29) is 0 Å². The standard InChI is InChI=1S/C52H32N2S/c1-2-11-33(12-3-1)34-21-27-38(28-22-34)52-53-47(32-48(54-52)45-19-10-18-44-42-17-8-9-20-49(42)55-51(44)45)36-23-25-37(26-24-36)50-41-16-7-5-14-39(41)31-46-40-15-6-4-13-35(40)29-30-43(46)50/h1-32H. The summed E-state index contributed by atoms with van der Waals surface area (Å²) in [6.07, 6.45) is 0. The van der Waals surface area contributed by atoms with Crippen LogP contribution in [0.3, 0.4) is 0 Å². The zero-order valence-electron chi connectivity index (χ0n) is 29.8. The molecular formula is C52H32N2S. The van der Waals surface area contributed by atoms with Crippen LogP contribution in [0.4, 0.5) is 0 Å². The number of hydrogen-bond donors (Lipinski definition) is 0. The van der Waals surface area contributed by atoms with Gasteiger partial charge >= 0.3 is 0 Å². The topological polar surface area (TPSA) is 25.8 Å². The van der Waals surface area contributed by atoms with Gasteiger partial charge in [-0.05, 0) is 72.8 Å². The third-order valence-electron chi connectivity index (χ3n) is 10.9. The van der Waals surface area contributed by atoms with E-state index in [1.807, 2.05) is 11.3 Å². The van der Waals surface area contributed by atoms with Crippen LogP contribution in [0.25, 0.3) is 109 Å². The molecule has 0 fully saturated rings. The molecule has 11 aromatic rings. The van der Waals surface area contributed by atoms with Crippen LogP contribution in [-0.2, 0) is 0 Å². The van der Waals surface area contributed by atoms with Crippen LogP contribution in [0.2, 0.25) is 0 Å². The lowest BCUT2D eigenvalue weighted by molar-refractivity contribution is 1.19. The van der Waals surface area contributed by atoms with Crippen molar-refractivity contribution in [2.24, 2.45) is 0 Å². The molecule has 0 atom stereocenters. The molecule has 0 bridgehead atoms. The molecule has 0 saturated carbocycles. The van der Waals surface area contributed by atoms with E-state index in [0.717, 1.165) is 28.1 Å². The highest BCUT2D eigenvalue weighted by Crippen LogP contribution is 2.42. The summed E-state index contributed by atoms with van der Waals surface area (Å²) in [6, 6.07) is 69.7. The van der Waals surface area contributed by atoms with Crippen molar-refractivity contribution >= 4 is 63.8 Å². The lowest BCUT2D eigenvalue weighted by Gasteiger charge is -2.15. The smallest absolute Gasteiger partial charge is 0.160 e. The molecule has 0 radical (unpaired) electrons. The van der Waals surface area contributed by atoms with E-state index in [9.17, 15) is 0 Å². The predicted octanol–water partition coefficient (Wildman–Crippen LogP) is 14.6. The van der Waals surface area contributed by atoms with Crippen molar-refractivity contribution in [3.8, 4) is 56.2 Å². The van der Waals surface area contributed by atoms with Gasteiger partial charge in [-0.3, -0.25) is 0 Å². The molecule has 0 saturated heterocycles. The van der Waals surface area contributed by atoms with Crippen molar-refractivity contribution < 1.29 is 0 Å². The fraction of sp³-hybridized carbons (Fsp3) is 0. The van der Waals surface area contributed by atoms with Crippen LogP contribution in [0, 0.1) is 0 Å². The Balaban J connectivity index is 1.08. The quantitative estimate of drug-likeness (QED) is 0.131. The van der Waals surface area contributed by atoms with Gasteiger partial charge in [0.15, 0.2) is 5.82 Å². The van der Waals surface area contributed by atoms with Gasteiger partial charge in [0.05, 0.1) is 11.4 Å². The molecule has 0 unspecified atom stereocenters. The fourth-order valence-corrected chi connectivity index (χ4v) is 9.42. The van der Waals surface area contributed by atoms with Gasteiger partial charge in [-0.25, -0.2) is 9.97 Å². The SMILES string of the molecule is c1ccc(-c2ccc(-c3nc(-c4ccc(-c5c6ccccc6cc6c5ccc5ccccc56)cc4)cc(-c4cccc5c4sc4ccccc45)n3)cc2)cc1. The number of aromatic nitrogens is 2. The number of thiophene rings is 1. The Morgan fingerprint density at radius 3 is 1.78 bits per heavy atom. The zero-order chi connectivity index (χ0) is 36.3. The maximum atomic E-state index is 5.28. The highest BCUT2D eigenvalue weighted by Gasteiger charge is 2.17. The van der Waals surface area contributed by atoms with Gasteiger partial charge in [-0.1, -0.05) is 176 Å². The summed E-state index contributed by atoms with van der Waals surface area (Å²) in [5, 5.41) is 10.1. The zero-order valence-corrected chi connectivity index (χ0v) is 30.6. The number of hydrogen-bond acceptors (Lipinski definition) is 3. The minimum atomic E-state index is 0.709. The van der Waals surface area contributed by atoms with Gasteiger partial charge in [0.1, 0.15) is 0 Å². The number of fused-ring (bicyclic) bond motifs is 7. The van der Waals surface area contributed by atoms with E-state index >= 15 is 0 Å². The minimum absolute atomic E-state index is 0.709.